The summed E-state index contributed by atoms with van der Waals surface area (Å²) in [5, 5.41) is 11.6. The first-order valence-corrected chi connectivity index (χ1v) is 8.00. The van der Waals surface area contributed by atoms with Crippen LogP contribution in [0.25, 0.3) is 0 Å². The van der Waals surface area contributed by atoms with E-state index in [0.717, 1.165) is 31.7 Å². The summed E-state index contributed by atoms with van der Waals surface area (Å²) in [5.74, 6) is 0.634. The van der Waals surface area contributed by atoms with E-state index in [-0.39, 0.29) is 5.56 Å². The monoisotopic (exact) mass is 351 g/mol. The van der Waals surface area contributed by atoms with E-state index < -0.39 is 0 Å². The summed E-state index contributed by atoms with van der Waals surface area (Å²) in [5.41, 5.74) is 0.700. The van der Waals surface area contributed by atoms with E-state index in [1.165, 1.54) is 12.8 Å². The molecule has 0 aromatic carbocycles. The van der Waals surface area contributed by atoms with E-state index in [9.17, 15) is 4.79 Å². The van der Waals surface area contributed by atoms with Gasteiger partial charge in [0.25, 0.3) is 5.56 Å². The fourth-order valence-electron chi connectivity index (χ4n) is 2.16. The molecule has 0 aliphatic heterocycles. The number of nitrogens with one attached hydrogen (secondary N) is 1. The molecule has 1 saturated carbocycles. The summed E-state index contributed by atoms with van der Waals surface area (Å²) in [6.45, 7) is 2.35. The van der Waals surface area contributed by atoms with Gasteiger partial charge in [0.2, 0.25) is 0 Å². The largest absolute Gasteiger partial charge is 0.383 e. The predicted molar refractivity (Wildman–Crippen MR) is 84.3 cm³/mol. The molecule has 0 saturated heterocycles. The molecule has 1 aliphatic rings. The van der Waals surface area contributed by atoms with Gasteiger partial charge in [-0.3, -0.25) is 9.48 Å². The molecule has 21 heavy (non-hydrogen) atoms. The van der Waals surface area contributed by atoms with Gasteiger partial charge < -0.3 is 5.32 Å². The van der Waals surface area contributed by atoms with E-state index in [1.807, 2.05) is 16.9 Å². The lowest BCUT2D eigenvalue weighted by molar-refractivity contribution is 0.531. The molecule has 0 bridgehead atoms. The SMILES string of the molecule is O=c1c(Br)c(NCCCn2cccn2)cnn1CC1CC1. The average Bonchev–Trinajstić information content (AvgIpc) is 3.15. The summed E-state index contributed by atoms with van der Waals surface area (Å²) >= 11 is 3.38. The Balaban J connectivity index is 1.55. The first kappa shape index (κ1) is 14.3. The highest BCUT2D eigenvalue weighted by Gasteiger charge is 2.23. The molecule has 112 valence electrons. The highest BCUT2D eigenvalue weighted by Crippen LogP contribution is 2.30. The Morgan fingerprint density at radius 3 is 2.95 bits per heavy atom. The Hall–Kier alpha value is -1.63. The Morgan fingerprint density at radius 2 is 2.24 bits per heavy atom. The van der Waals surface area contributed by atoms with Gasteiger partial charge in [0.1, 0.15) is 4.47 Å². The van der Waals surface area contributed by atoms with Crippen LogP contribution in [-0.2, 0) is 13.1 Å². The molecule has 6 nitrogen and oxygen atoms in total. The first-order valence-electron chi connectivity index (χ1n) is 7.21. The zero-order valence-corrected chi connectivity index (χ0v) is 13.3. The van der Waals surface area contributed by atoms with Crippen LogP contribution in [0, 0.1) is 5.92 Å². The molecule has 0 radical (unpaired) electrons. The number of aromatic nitrogens is 4. The minimum atomic E-state index is -0.0565. The Labute approximate surface area is 131 Å². The third-order valence-electron chi connectivity index (χ3n) is 3.55. The van der Waals surface area contributed by atoms with Gasteiger partial charge in [0.05, 0.1) is 11.9 Å². The molecule has 0 spiro atoms. The summed E-state index contributed by atoms with van der Waals surface area (Å²) < 4.78 is 4.01. The minimum Gasteiger partial charge on any atom is -0.383 e. The van der Waals surface area contributed by atoms with Crippen LogP contribution in [0.5, 0.6) is 0 Å². The van der Waals surface area contributed by atoms with Crippen molar-refractivity contribution in [1.82, 2.24) is 19.6 Å². The summed E-state index contributed by atoms with van der Waals surface area (Å²) in [4.78, 5) is 12.2. The van der Waals surface area contributed by atoms with Crippen molar-refractivity contribution >= 4 is 21.6 Å². The molecule has 0 amide bonds. The normalized spacial score (nSPS) is 14.3. The van der Waals surface area contributed by atoms with Crippen molar-refractivity contribution in [2.75, 3.05) is 11.9 Å². The van der Waals surface area contributed by atoms with E-state index in [4.69, 9.17) is 0 Å². The maximum Gasteiger partial charge on any atom is 0.283 e. The van der Waals surface area contributed by atoms with Crippen molar-refractivity contribution in [3.8, 4) is 0 Å². The van der Waals surface area contributed by atoms with E-state index in [0.29, 0.717) is 10.4 Å². The number of hydrogen-bond donors (Lipinski definition) is 1. The van der Waals surface area contributed by atoms with E-state index in [1.54, 1.807) is 17.1 Å². The van der Waals surface area contributed by atoms with Crippen molar-refractivity contribution in [3.05, 3.63) is 39.5 Å². The number of hydrogen-bond acceptors (Lipinski definition) is 4. The highest BCUT2D eigenvalue weighted by atomic mass is 79.9. The number of rotatable bonds is 7. The van der Waals surface area contributed by atoms with Gasteiger partial charge in [-0.1, -0.05) is 0 Å². The molecular formula is C14H18BrN5O. The molecule has 2 aromatic rings. The lowest BCUT2D eigenvalue weighted by atomic mass is 10.3. The Kier molecular flexibility index (Phi) is 4.38. The van der Waals surface area contributed by atoms with Crippen LogP contribution in [0.1, 0.15) is 19.3 Å². The topological polar surface area (TPSA) is 64.7 Å². The molecule has 0 atom stereocenters. The van der Waals surface area contributed by atoms with Gasteiger partial charge in [0, 0.05) is 32.0 Å². The second-order valence-corrected chi connectivity index (χ2v) is 6.15. The number of nitrogens with zero attached hydrogens (tertiary/aromatic N) is 4. The van der Waals surface area contributed by atoms with Crippen molar-refractivity contribution in [3.63, 3.8) is 0 Å². The van der Waals surface area contributed by atoms with Gasteiger partial charge in [-0.15, -0.1) is 0 Å². The van der Waals surface area contributed by atoms with Crippen molar-refractivity contribution in [2.24, 2.45) is 5.92 Å². The molecule has 2 heterocycles. The fraction of sp³-hybridized carbons (Fsp3) is 0.500. The lowest BCUT2D eigenvalue weighted by Crippen LogP contribution is -2.25. The number of halogens is 1. The van der Waals surface area contributed by atoms with Gasteiger partial charge in [-0.2, -0.15) is 10.2 Å². The Morgan fingerprint density at radius 1 is 1.38 bits per heavy atom. The highest BCUT2D eigenvalue weighted by molar-refractivity contribution is 9.10. The molecule has 1 fully saturated rings. The van der Waals surface area contributed by atoms with Gasteiger partial charge >= 0.3 is 0 Å². The molecule has 3 rings (SSSR count). The van der Waals surface area contributed by atoms with Crippen LogP contribution < -0.4 is 10.9 Å². The molecule has 1 aliphatic carbocycles. The summed E-state index contributed by atoms with van der Waals surface area (Å²) in [6.07, 6.45) is 8.78. The molecule has 0 unspecified atom stereocenters. The zero-order valence-electron chi connectivity index (χ0n) is 11.7. The molecular weight excluding hydrogens is 334 g/mol. The predicted octanol–water partition coefficient (Wildman–Crippen LogP) is 2.11. The fourth-order valence-corrected chi connectivity index (χ4v) is 2.61. The number of anilines is 1. The molecule has 7 heteroatoms. The Bertz CT molecular complexity index is 648. The zero-order chi connectivity index (χ0) is 14.7. The van der Waals surface area contributed by atoms with Gasteiger partial charge in [-0.25, -0.2) is 4.68 Å². The summed E-state index contributed by atoms with van der Waals surface area (Å²) in [6, 6.07) is 1.91. The van der Waals surface area contributed by atoms with Crippen molar-refractivity contribution < 1.29 is 0 Å². The third kappa shape index (κ3) is 3.72. The quantitative estimate of drug-likeness (QED) is 0.776. The molecule has 1 N–H and O–H groups in total. The maximum absolute atomic E-state index is 12.2. The van der Waals surface area contributed by atoms with Gasteiger partial charge in [-0.05, 0) is 47.2 Å². The first-order chi connectivity index (χ1) is 10.2. The second-order valence-electron chi connectivity index (χ2n) is 5.35. The van der Waals surface area contributed by atoms with E-state index >= 15 is 0 Å². The maximum atomic E-state index is 12.2. The van der Waals surface area contributed by atoms with E-state index in [2.05, 4.69) is 31.4 Å². The number of aryl methyl sites for hydroxylation is 1. The van der Waals surface area contributed by atoms with Crippen LogP contribution in [0.15, 0.2) is 33.9 Å². The average molecular weight is 352 g/mol. The van der Waals surface area contributed by atoms with Crippen LogP contribution in [-0.4, -0.2) is 26.1 Å². The third-order valence-corrected chi connectivity index (χ3v) is 4.32. The standard InChI is InChI=1S/C14H18BrN5O/c15-13-12(16-5-1-7-19-8-2-6-17-19)9-18-20(14(13)21)10-11-3-4-11/h2,6,8-9,11,16H,1,3-5,7,10H2. The van der Waals surface area contributed by atoms with Crippen molar-refractivity contribution in [1.29, 1.82) is 0 Å². The summed E-state index contributed by atoms with van der Waals surface area (Å²) in [7, 11) is 0. The lowest BCUT2D eigenvalue weighted by Gasteiger charge is -2.10. The van der Waals surface area contributed by atoms with Crippen LogP contribution in [0.2, 0.25) is 0 Å². The molecule has 2 aromatic heterocycles. The van der Waals surface area contributed by atoms with Gasteiger partial charge in [0.15, 0.2) is 0 Å². The van der Waals surface area contributed by atoms with Crippen LogP contribution >= 0.6 is 15.9 Å². The van der Waals surface area contributed by atoms with Crippen molar-refractivity contribution in [2.45, 2.75) is 32.4 Å². The minimum absolute atomic E-state index is 0.0565. The smallest absolute Gasteiger partial charge is 0.283 e. The van der Waals surface area contributed by atoms with Crippen LogP contribution in [0.4, 0.5) is 5.69 Å². The van der Waals surface area contributed by atoms with Crippen LogP contribution in [0.3, 0.4) is 0 Å². The second kappa shape index (κ2) is 6.43.